The van der Waals surface area contributed by atoms with Crippen molar-refractivity contribution in [3.05, 3.63) is 36.5 Å². The molecule has 0 spiro atoms. The van der Waals surface area contributed by atoms with Crippen LogP contribution in [0.4, 0.5) is 10.6 Å². The van der Waals surface area contributed by atoms with Gasteiger partial charge in [-0.1, -0.05) is 54.5 Å². The third-order valence-corrected chi connectivity index (χ3v) is 5.37. The van der Waals surface area contributed by atoms with Gasteiger partial charge in [-0.05, 0) is 53.6 Å². The number of pyridine rings is 1. The zero-order valence-corrected chi connectivity index (χ0v) is 22.2. The van der Waals surface area contributed by atoms with Crippen LogP contribution in [0.15, 0.2) is 41.4 Å². The number of benzene rings is 1. The summed E-state index contributed by atoms with van der Waals surface area (Å²) in [5, 5.41) is 2.49. The fourth-order valence-corrected chi connectivity index (χ4v) is 3.87. The van der Waals surface area contributed by atoms with E-state index in [0.717, 1.165) is 12.7 Å². The first-order valence-corrected chi connectivity index (χ1v) is 13.3. The van der Waals surface area contributed by atoms with E-state index in [4.69, 9.17) is 4.74 Å². The van der Waals surface area contributed by atoms with E-state index in [1.165, 1.54) is 13.3 Å². The van der Waals surface area contributed by atoms with Gasteiger partial charge in [0.1, 0.15) is 16.5 Å². The number of hydrogen-bond acceptors (Lipinski definition) is 6. The summed E-state index contributed by atoms with van der Waals surface area (Å²) in [6, 6.07) is 8.41. The summed E-state index contributed by atoms with van der Waals surface area (Å²) in [6.45, 7) is 14.8. The summed E-state index contributed by atoms with van der Waals surface area (Å²) in [5.74, 6) is 1.51. The smallest absolute Gasteiger partial charge is 0.412 e. The molecule has 1 amide bonds. The second-order valence-corrected chi connectivity index (χ2v) is 9.51. The van der Waals surface area contributed by atoms with Gasteiger partial charge in [-0.25, -0.2) is 18.2 Å². The summed E-state index contributed by atoms with van der Waals surface area (Å²) in [7, 11) is -2.24. The van der Waals surface area contributed by atoms with E-state index in [9.17, 15) is 13.2 Å². The van der Waals surface area contributed by atoms with Crippen molar-refractivity contribution in [3.8, 4) is 16.9 Å². The highest BCUT2D eigenvalue weighted by molar-refractivity contribution is 7.90. The van der Waals surface area contributed by atoms with Crippen molar-refractivity contribution in [1.82, 2.24) is 4.98 Å². The first-order valence-electron chi connectivity index (χ1n) is 11.4. The van der Waals surface area contributed by atoms with Crippen molar-refractivity contribution in [2.75, 3.05) is 25.3 Å². The second-order valence-electron chi connectivity index (χ2n) is 7.53. The van der Waals surface area contributed by atoms with Crippen LogP contribution in [0.5, 0.6) is 5.75 Å². The topological polar surface area (TPSA) is 94.6 Å². The quantitative estimate of drug-likeness (QED) is 0.467. The molecule has 1 aromatic heterocycles. The maximum Gasteiger partial charge on any atom is 0.412 e. The minimum absolute atomic E-state index is 0.131. The van der Waals surface area contributed by atoms with Crippen molar-refractivity contribution >= 4 is 21.7 Å². The molecule has 33 heavy (non-hydrogen) atoms. The van der Waals surface area contributed by atoms with Crippen LogP contribution in [0, 0.1) is 11.8 Å². The Morgan fingerprint density at radius 2 is 1.64 bits per heavy atom. The molecule has 2 aromatic rings. The molecule has 0 saturated carbocycles. The number of aromatic nitrogens is 1. The first-order chi connectivity index (χ1) is 15.6. The molecule has 1 N–H and O–H groups in total. The largest absolute Gasteiger partial charge is 0.492 e. The Kier molecular flexibility index (Phi) is 14.1. The molecule has 0 bridgehead atoms. The second kappa shape index (κ2) is 15.3. The molecule has 0 saturated heterocycles. The maximum absolute atomic E-state index is 12.3. The highest BCUT2D eigenvalue weighted by atomic mass is 32.2. The van der Waals surface area contributed by atoms with Gasteiger partial charge in [0.15, 0.2) is 9.84 Å². The molecule has 0 radical (unpaired) electrons. The van der Waals surface area contributed by atoms with E-state index in [-0.39, 0.29) is 4.90 Å². The zero-order valence-electron chi connectivity index (χ0n) is 21.4. The number of methoxy groups -OCH3 is 1. The van der Waals surface area contributed by atoms with E-state index in [1.807, 2.05) is 27.7 Å². The molecule has 7 nitrogen and oxygen atoms in total. The number of amides is 1. The lowest BCUT2D eigenvalue weighted by molar-refractivity contribution is 0.187. The van der Waals surface area contributed by atoms with Crippen molar-refractivity contribution in [2.24, 2.45) is 11.8 Å². The average molecular weight is 481 g/mol. The Hall–Kier alpha value is -2.61. The average Bonchev–Trinajstić information content (AvgIpc) is 2.79. The van der Waals surface area contributed by atoms with Crippen molar-refractivity contribution in [2.45, 2.75) is 59.8 Å². The molecule has 1 aromatic carbocycles. The Balaban J connectivity index is 0.00000242. The number of rotatable bonds is 8. The number of anilines is 1. The fourth-order valence-electron chi connectivity index (χ4n) is 3.04. The molecule has 0 aliphatic carbocycles. The van der Waals surface area contributed by atoms with Crippen LogP contribution < -0.4 is 10.1 Å². The molecule has 0 aliphatic rings. The molecule has 2 rings (SSSR count). The fraction of sp³-hybridized carbons (Fsp3) is 0.520. The predicted octanol–water partition coefficient (Wildman–Crippen LogP) is 6.44. The lowest BCUT2D eigenvalue weighted by Gasteiger charge is -2.17. The molecule has 0 aliphatic heterocycles. The van der Waals surface area contributed by atoms with Crippen LogP contribution in [0.3, 0.4) is 0 Å². The number of nitrogens with zero attached hydrogens (tertiary/aromatic N) is 1. The standard InChI is InChI=1S/C21H28N2O5S.2C2H6/c1-14(2)10-15(3)13-28-18-7-6-16(11-19(18)29(5,25)26)17-8-9-22-20(12-17)23-21(24)27-4;2*1-2/h6-9,11-12,14-15H,10,13H2,1-5H3,(H,22,23,24);2*1-2H3. The van der Waals surface area contributed by atoms with Gasteiger partial charge in [0, 0.05) is 12.5 Å². The van der Waals surface area contributed by atoms with E-state index < -0.39 is 15.9 Å². The summed E-state index contributed by atoms with van der Waals surface area (Å²) in [5.41, 5.74) is 1.37. The Morgan fingerprint density at radius 3 is 2.18 bits per heavy atom. The summed E-state index contributed by atoms with van der Waals surface area (Å²) < 4.78 is 35.1. The van der Waals surface area contributed by atoms with Gasteiger partial charge in [0.2, 0.25) is 0 Å². The number of carbonyl (C=O) groups is 1. The number of hydrogen-bond donors (Lipinski definition) is 1. The van der Waals surface area contributed by atoms with Crippen LogP contribution in [-0.4, -0.2) is 39.5 Å². The minimum atomic E-state index is -3.50. The number of ether oxygens (including phenoxy) is 2. The Bertz CT molecular complexity index is 959. The van der Waals surface area contributed by atoms with E-state index >= 15 is 0 Å². The maximum atomic E-state index is 12.3. The van der Waals surface area contributed by atoms with E-state index in [2.05, 4.69) is 35.8 Å². The highest BCUT2D eigenvalue weighted by Gasteiger charge is 2.18. The molecule has 1 atom stereocenters. The molecule has 1 unspecified atom stereocenters. The number of nitrogens with one attached hydrogen (secondary N) is 1. The predicted molar refractivity (Wildman–Crippen MR) is 136 cm³/mol. The lowest BCUT2D eigenvalue weighted by atomic mass is 10.00. The third-order valence-electron chi connectivity index (χ3n) is 4.25. The van der Waals surface area contributed by atoms with Crippen LogP contribution in [0.25, 0.3) is 11.1 Å². The summed E-state index contributed by atoms with van der Waals surface area (Å²) in [4.78, 5) is 15.6. The molecule has 1 heterocycles. The van der Waals surface area contributed by atoms with Crippen molar-refractivity contribution in [3.63, 3.8) is 0 Å². The molecular weight excluding hydrogens is 440 g/mol. The summed E-state index contributed by atoms with van der Waals surface area (Å²) in [6.07, 6.45) is 3.05. The van der Waals surface area contributed by atoms with Gasteiger partial charge in [0.05, 0.1) is 13.7 Å². The minimum Gasteiger partial charge on any atom is -0.492 e. The molecule has 8 heteroatoms. The Morgan fingerprint density at radius 1 is 1.03 bits per heavy atom. The van der Waals surface area contributed by atoms with E-state index in [0.29, 0.717) is 41.1 Å². The van der Waals surface area contributed by atoms with Crippen molar-refractivity contribution in [1.29, 1.82) is 0 Å². The molecular formula is C25H40N2O5S. The van der Waals surface area contributed by atoms with Crippen LogP contribution >= 0.6 is 0 Å². The van der Waals surface area contributed by atoms with Crippen molar-refractivity contribution < 1.29 is 22.7 Å². The highest BCUT2D eigenvalue weighted by Crippen LogP contribution is 2.31. The van der Waals surface area contributed by atoms with Gasteiger partial charge >= 0.3 is 6.09 Å². The van der Waals surface area contributed by atoms with Crippen LogP contribution in [0.2, 0.25) is 0 Å². The van der Waals surface area contributed by atoms with Gasteiger partial charge in [0.25, 0.3) is 0 Å². The van der Waals surface area contributed by atoms with Gasteiger partial charge in [-0.15, -0.1) is 0 Å². The lowest BCUT2D eigenvalue weighted by Crippen LogP contribution is -2.13. The monoisotopic (exact) mass is 480 g/mol. The van der Waals surface area contributed by atoms with Crippen LogP contribution in [-0.2, 0) is 14.6 Å². The zero-order chi connectivity index (χ0) is 25.6. The van der Waals surface area contributed by atoms with E-state index in [1.54, 1.807) is 30.3 Å². The summed E-state index contributed by atoms with van der Waals surface area (Å²) >= 11 is 0. The third kappa shape index (κ3) is 10.7. The van der Waals surface area contributed by atoms with Gasteiger partial charge in [-0.3, -0.25) is 5.32 Å². The van der Waals surface area contributed by atoms with Gasteiger partial charge in [-0.2, -0.15) is 0 Å². The van der Waals surface area contributed by atoms with Crippen LogP contribution in [0.1, 0.15) is 54.9 Å². The Labute approximate surface area is 199 Å². The normalized spacial score (nSPS) is 11.3. The first kappa shape index (κ1) is 30.4. The molecule has 0 fully saturated rings. The SMILES string of the molecule is CC.CC.COC(=O)Nc1cc(-c2ccc(OCC(C)CC(C)C)c(S(C)(=O)=O)c2)ccn1. The number of sulfone groups is 1. The number of carbonyl (C=O) groups excluding carboxylic acids is 1. The van der Waals surface area contributed by atoms with Gasteiger partial charge < -0.3 is 9.47 Å². The molecule has 186 valence electrons.